The highest BCUT2D eigenvalue weighted by Gasteiger charge is 2.25. The van der Waals surface area contributed by atoms with Gasteiger partial charge in [0.2, 0.25) is 0 Å². The van der Waals surface area contributed by atoms with Crippen LogP contribution in [0.4, 0.5) is 5.69 Å². The summed E-state index contributed by atoms with van der Waals surface area (Å²) < 4.78 is 7.78. The lowest BCUT2D eigenvalue weighted by Crippen LogP contribution is -2.39. The molecule has 1 saturated heterocycles. The summed E-state index contributed by atoms with van der Waals surface area (Å²) >= 11 is 0. The highest BCUT2D eigenvalue weighted by molar-refractivity contribution is 6.06. The largest absolute Gasteiger partial charge is 0.379 e. The van der Waals surface area contributed by atoms with Crippen LogP contribution in [0.5, 0.6) is 0 Å². The number of amides is 1. The van der Waals surface area contributed by atoms with E-state index in [1.165, 1.54) is 0 Å². The zero-order valence-corrected chi connectivity index (χ0v) is 25.0. The van der Waals surface area contributed by atoms with Crippen LogP contribution in [0.2, 0.25) is 0 Å². The number of H-pyrrole nitrogens is 1. The number of pyridine rings is 2. The summed E-state index contributed by atoms with van der Waals surface area (Å²) in [5.74, 6) is -0.155. The van der Waals surface area contributed by atoms with E-state index in [0.717, 1.165) is 58.8 Å². The summed E-state index contributed by atoms with van der Waals surface area (Å²) in [5, 5.41) is 3.21. The average molecular weight is 556 g/mol. The van der Waals surface area contributed by atoms with Crippen LogP contribution in [0, 0.1) is 20.8 Å². The Balaban J connectivity index is 1.52. The molecular weight excluding hydrogens is 514 g/mol. The fraction of sp³-hybridized carbons (Fsp3) is 0.394. The fourth-order valence-electron chi connectivity index (χ4n) is 6.05. The Kier molecular flexibility index (Phi) is 8.45. The average Bonchev–Trinajstić information content (AvgIpc) is 3.39. The summed E-state index contributed by atoms with van der Waals surface area (Å²) in [5.41, 5.74) is 8.86. The van der Waals surface area contributed by atoms with E-state index < -0.39 is 0 Å². The summed E-state index contributed by atoms with van der Waals surface area (Å²) in [6.07, 6.45) is 2.49. The van der Waals surface area contributed by atoms with Gasteiger partial charge in [0.25, 0.3) is 11.5 Å². The van der Waals surface area contributed by atoms with E-state index >= 15 is 0 Å². The molecule has 1 unspecified atom stereocenters. The maximum atomic E-state index is 14.0. The van der Waals surface area contributed by atoms with Crippen LogP contribution in [0.25, 0.3) is 5.52 Å². The van der Waals surface area contributed by atoms with Crippen molar-refractivity contribution in [3.05, 3.63) is 104 Å². The molecule has 4 aromatic rings. The first-order valence-electron chi connectivity index (χ1n) is 14.3. The molecule has 0 saturated carbocycles. The summed E-state index contributed by atoms with van der Waals surface area (Å²) in [7, 11) is 4.06. The lowest BCUT2D eigenvalue weighted by Gasteiger charge is -2.34. The molecule has 5 rings (SSSR count). The Morgan fingerprint density at radius 1 is 1.10 bits per heavy atom. The maximum Gasteiger partial charge on any atom is 0.256 e. The van der Waals surface area contributed by atoms with Gasteiger partial charge in [-0.1, -0.05) is 12.1 Å². The molecule has 4 heterocycles. The van der Waals surface area contributed by atoms with Crippen LogP contribution in [0.15, 0.2) is 53.5 Å². The number of benzene rings is 1. The molecule has 1 aliphatic heterocycles. The Labute approximate surface area is 241 Å². The van der Waals surface area contributed by atoms with Crippen LogP contribution >= 0.6 is 0 Å². The van der Waals surface area contributed by atoms with Crippen molar-refractivity contribution < 1.29 is 9.53 Å². The summed E-state index contributed by atoms with van der Waals surface area (Å²) in [6, 6.07) is 14.3. The van der Waals surface area contributed by atoms with E-state index in [1.807, 2.05) is 71.3 Å². The molecule has 1 atom stereocenters. The summed E-state index contributed by atoms with van der Waals surface area (Å²) in [4.78, 5) is 34.3. The van der Waals surface area contributed by atoms with Gasteiger partial charge in [0.15, 0.2) is 0 Å². The number of hydrogen-bond acceptors (Lipinski definition) is 5. The third-order valence-corrected chi connectivity index (χ3v) is 8.13. The molecule has 1 amide bonds. The minimum atomic E-state index is -0.155. The van der Waals surface area contributed by atoms with E-state index in [-0.39, 0.29) is 17.5 Å². The van der Waals surface area contributed by atoms with E-state index in [9.17, 15) is 9.59 Å². The second kappa shape index (κ2) is 12.0. The molecular formula is C33H41N5O3. The molecule has 2 N–H and O–H groups in total. The van der Waals surface area contributed by atoms with Gasteiger partial charge in [0.1, 0.15) is 0 Å². The Morgan fingerprint density at radius 2 is 1.85 bits per heavy atom. The van der Waals surface area contributed by atoms with E-state index in [1.54, 1.807) is 0 Å². The number of nitrogens with one attached hydrogen (secondary N) is 2. The number of anilines is 1. The zero-order chi connectivity index (χ0) is 29.3. The van der Waals surface area contributed by atoms with Gasteiger partial charge in [0.05, 0.1) is 13.2 Å². The number of aryl methyl sites for hydroxylation is 2. The van der Waals surface area contributed by atoms with Crippen LogP contribution in [-0.2, 0) is 17.7 Å². The van der Waals surface area contributed by atoms with Crippen molar-refractivity contribution in [2.45, 2.75) is 46.7 Å². The molecule has 0 spiro atoms. The van der Waals surface area contributed by atoms with E-state index in [2.05, 4.69) is 43.7 Å². The number of hydrogen-bond donors (Lipinski definition) is 2. The number of rotatable bonds is 8. The molecule has 3 aromatic heterocycles. The number of aromatic amines is 1. The van der Waals surface area contributed by atoms with Gasteiger partial charge in [-0.3, -0.25) is 14.5 Å². The van der Waals surface area contributed by atoms with Crippen molar-refractivity contribution in [3.8, 4) is 0 Å². The number of carbonyl (C=O) groups excluding carboxylic acids is 1. The monoisotopic (exact) mass is 555 g/mol. The molecule has 8 heteroatoms. The molecule has 0 bridgehead atoms. The molecule has 8 nitrogen and oxygen atoms in total. The van der Waals surface area contributed by atoms with Crippen LogP contribution < -0.4 is 10.9 Å². The lowest BCUT2D eigenvalue weighted by atomic mass is 9.97. The van der Waals surface area contributed by atoms with E-state index in [0.29, 0.717) is 36.4 Å². The molecule has 0 aliphatic carbocycles. The van der Waals surface area contributed by atoms with Gasteiger partial charge in [-0.2, -0.15) is 0 Å². The highest BCUT2D eigenvalue weighted by Crippen LogP contribution is 2.30. The highest BCUT2D eigenvalue weighted by atomic mass is 16.5. The van der Waals surface area contributed by atoms with Crippen LogP contribution in [-0.4, -0.2) is 65.5 Å². The van der Waals surface area contributed by atoms with Crippen molar-refractivity contribution in [2.24, 2.45) is 0 Å². The lowest BCUT2D eigenvalue weighted by molar-refractivity contribution is 0.0187. The third kappa shape index (κ3) is 6.15. The first-order valence-corrected chi connectivity index (χ1v) is 14.3. The molecule has 1 fully saturated rings. The first kappa shape index (κ1) is 28.8. The number of ether oxygens (including phenoxy) is 1. The molecule has 41 heavy (non-hydrogen) atoms. The normalized spacial score (nSPS) is 15.0. The predicted molar refractivity (Wildman–Crippen MR) is 164 cm³/mol. The number of nitrogens with zero attached hydrogens (tertiary/aromatic N) is 3. The SMILES string of the molecule is Cc1cc(C)c(Cc2cc(CN(C)C)ccc2NC(=O)c2cc3cccn3c(C(C)N3CCOCC3)c2C)c(=O)[nH]1. The minimum absolute atomic E-state index is 0.0888. The van der Waals surface area contributed by atoms with Gasteiger partial charge < -0.3 is 24.3 Å². The van der Waals surface area contributed by atoms with Gasteiger partial charge in [-0.25, -0.2) is 0 Å². The maximum absolute atomic E-state index is 14.0. The third-order valence-electron chi connectivity index (χ3n) is 8.13. The smallest absolute Gasteiger partial charge is 0.256 e. The van der Waals surface area contributed by atoms with E-state index in [4.69, 9.17) is 4.74 Å². The molecule has 0 radical (unpaired) electrons. The zero-order valence-electron chi connectivity index (χ0n) is 25.0. The number of aromatic nitrogens is 2. The molecule has 216 valence electrons. The van der Waals surface area contributed by atoms with Crippen molar-refractivity contribution in [3.63, 3.8) is 0 Å². The molecule has 1 aromatic carbocycles. The first-order chi connectivity index (χ1) is 19.6. The fourth-order valence-corrected chi connectivity index (χ4v) is 6.05. The van der Waals surface area contributed by atoms with Crippen molar-refractivity contribution in [1.82, 2.24) is 19.2 Å². The minimum Gasteiger partial charge on any atom is -0.379 e. The van der Waals surface area contributed by atoms with Crippen LogP contribution in [0.1, 0.15) is 62.5 Å². The summed E-state index contributed by atoms with van der Waals surface area (Å²) in [6.45, 7) is 12.0. The Morgan fingerprint density at radius 3 is 2.56 bits per heavy atom. The molecule has 1 aliphatic rings. The number of carbonyl (C=O) groups is 1. The Hall–Kier alpha value is -3.72. The van der Waals surface area contributed by atoms with Gasteiger partial charge in [-0.05, 0) is 94.4 Å². The Bertz CT molecular complexity index is 1630. The second-order valence-electron chi connectivity index (χ2n) is 11.5. The topological polar surface area (TPSA) is 82.1 Å². The van der Waals surface area contributed by atoms with Gasteiger partial charge in [0, 0.05) is 72.0 Å². The predicted octanol–water partition coefficient (Wildman–Crippen LogP) is 4.85. The quantitative estimate of drug-likeness (QED) is 0.325. The van der Waals surface area contributed by atoms with Crippen molar-refractivity contribution >= 4 is 17.1 Å². The number of morpholine rings is 1. The second-order valence-corrected chi connectivity index (χ2v) is 11.5. The standard InChI is InChI=1S/C33H41N5O3/c1-21-16-22(2)34-32(39)28(21)18-26-17-25(20-36(5)6)9-10-30(26)35-33(40)29-19-27-8-7-11-38(27)31(23(29)3)24(4)37-12-14-41-15-13-37/h7-11,16-17,19,24H,12-15,18,20H2,1-6H3,(H,34,39)(H,35,40). The van der Waals surface area contributed by atoms with Gasteiger partial charge >= 0.3 is 0 Å². The van der Waals surface area contributed by atoms with Crippen molar-refractivity contribution in [2.75, 3.05) is 45.7 Å². The van der Waals surface area contributed by atoms with Crippen LogP contribution in [0.3, 0.4) is 0 Å². The van der Waals surface area contributed by atoms with Crippen molar-refractivity contribution in [1.29, 1.82) is 0 Å². The number of fused-ring (bicyclic) bond motifs is 1. The van der Waals surface area contributed by atoms with Gasteiger partial charge in [-0.15, -0.1) is 0 Å².